The van der Waals surface area contributed by atoms with Gasteiger partial charge in [0, 0.05) is 17.4 Å². The molecule has 24 heavy (non-hydrogen) atoms. The lowest BCUT2D eigenvalue weighted by atomic mass is 9.98. The van der Waals surface area contributed by atoms with Gasteiger partial charge >= 0.3 is 0 Å². The van der Waals surface area contributed by atoms with Gasteiger partial charge in [-0.1, -0.05) is 54.1 Å². The molecule has 5 heteroatoms. The van der Waals surface area contributed by atoms with E-state index in [2.05, 4.69) is 43.8 Å². The minimum Gasteiger partial charge on any atom is -0.342 e. The second-order valence-corrected chi connectivity index (χ2v) is 5.92. The minimum absolute atomic E-state index is 0.00395. The average Bonchev–Trinajstić information content (AvgIpc) is 3.29. The lowest BCUT2D eigenvalue weighted by molar-refractivity contribution is 0.683. The SMILES string of the molecule is Clc1ccc([C@@H](c2ccccc2)n2ccnc2-c2cnc[nH]2)cc1. The third-order valence-corrected chi connectivity index (χ3v) is 4.24. The molecule has 2 aromatic carbocycles. The maximum absolute atomic E-state index is 6.07. The highest BCUT2D eigenvalue weighted by Crippen LogP contribution is 2.31. The summed E-state index contributed by atoms with van der Waals surface area (Å²) in [5.41, 5.74) is 3.21. The van der Waals surface area contributed by atoms with E-state index in [9.17, 15) is 0 Å². The van der Waals surface area contributed by atoms with Crippen molar-refractivity contribution >= 4 is 11.6 Å². The summed E-state index contributed by atoms with van der Waals surface area (Å²) in [5, 5.41) is 0.727. The zero-order chi connectivity index (χ0) is 16.4. The van der Waals surface area contributed by atoms with E-state index in [-0.39, 0.29) is 6.04 Å². The molecule has 2 heterocycles. The fourth-order valence-electron chi connectivity index (χ4n) is 2.90. The Balaban J connectivity index is 1.88. The molecule has 4 rings (SSSR count). The van der Waals surface area contributed by atoms with Gasteiger partial charge in [0.15, 0.2) is 5.82 Å². The standard InChI is InChI=1S/C19H15ClN4/c20-16-8-6-15(7-9-16)18(14-4-2-1-3-5-14)24-11-10-22-19(24)17-12-21-13-23-17/h1-13,18H,(H,21,23)/t18-/m1/s1. The molecule has 0 aliphatic carbocycles. The summed E-state index contributed by atoms with van der Waals surface area (Å²) in [6, 6.07) is 18.3. The summed E-state index contributed by atoms with van der Waals surface area (Å²) < 4.78 is 2.14. The fraction of sp³-hybridized carbons (Fsp3) is 0.0526. The first kappa shape index (κ1) is 14.7. The van der Waals surface area contributed by atoms with Gasteiger partial charge in [-0.15, -0.1) is 0 Å². The Hall–Kier alpha value is -2.85. The molecule has 1 atom stereocenters. The van der Waals surface area contributed by atoms with Crippen LogP contribution in [0.2, 0.25) is 5.02 Å². The largest absolute Gasteiger partial charge is 0.342 e. The number of halogens is 1. The Morgan fingerprint density at radius 1 is 0.958 bits per heavy atom. The first-order valence-electron chi connectivity index (χ1n) is 7.65. The Morgan fingerprint density at radius 3 is 2.42 bits per heavy atom. The number of nitrogens with one attached hydrogen (secondary N) is 1. The van der Waals surface area contributed by atoms with Gasteiger partial charge < -0.3 is 9.55 Å². The number of aromatic nitrogens is 4. The highest BCUT2D eigenvalue weighted by Gasteiger charge is 2.20. The Kier molecular flexibility index (Phi) is 3.89. The van der Waals surface area contributed by atoms with Crippen molar-refractivity contribution in [2.45, 2.75) is 6.04 Å². The second kappa shape index (κ2) is 6.34. The van der Waals surface area contributed by atoms with Crippen molar-refractivity contribution in [3.05, 3.63) is 95.7 Å². The van der Waals surface area contributed by atoms with E-state index in [4.69, 9.17) is 11.6 Å². The van der Waals surface area contributed by atoms with E-state index in [1.54, 1.807) is 12.5 Å². The molecule has 0 bridgehead atoms. The predicted molar refractivity (Wildman–Crippen MR) is 94.9 cm³/mol. The molecule has 1 N–H and O–H groups in total. The van der Waals surface area contributed by atoms with E-state index in [1.165, 1.54) is 5.56 Å². The first-order valence-corrected chi connectivity index (χ1v) is 8.03. The van der Waals surface area contributed by atoms with E-state index in [1.807, 2.05) is 42.7 Å². The number of H-pyrrole nitrogens is 1. The van der Waals surface area contributed by atoms with Crippen molar-refractivity contribution in [1.29, 1.82) is 0 Å². The van der Waals surface area contributed by atoms with Gasteiger partial charge in [-0.05, 0) is 23.3 Å². The third kappa shape index (κ3) is 2.72. The van der Waals surface area contributed by atoms with Crippen LogP contribution >= 0.6 is 11.6 Å². The molecule has 0 saturated heterocycles. The summed E-state index contributed by atoms with van der Waals surface area (Å²) >= 11 is 6.07. The van der Waals surface area contributed by atoms with Gasteiger partial charge in [0.1, 0.15) is 5.69 Å². The number of hydrogen-bond acceptors (Lipinski definition) is 2. The van der Waals surface area contributed by atoms with Crippen LogP contribution in [0.3, 0.4) is 0 Å². The first-order chi connectivity index (χ1) is 11.8. The molecule has 0 unspecified atom stereocenters. The maximum Gasteiger partial charge on any atom is 0.158 e. The van der Waals surface area contributed by atoms with Gasteiger partial charge in [-0.3, -0.25) is 0 Å². The summed E-state index contributed by atoms with van der Waals surface area (Å²) in [7, 11) is 0. The van der Waals surface area contributed by atoms with Crippen molar-refractivity contribution in [3.63, 3.8) is 0 Å². The van der Waals surface area contributed by atoms with E-state index >= 15 is 0 Å². The molecule has 4 aromatic rings. The lowest BCUT2D eigenvalue weighted by Crippen LogP contribution is -2.13. The molecule has 0 aliphatic rings. The molecule has 0 radical (unpaired) electrons. The topological polar surface area (TPSA) is 46.5 Å². The van der Waals surface area contributed by atoms with Crippen LogP contribution in [0.25, 0.3) is 11.5 Å². The number of benzene rings is 2. The minimum atomic E-state index is 0.00395. The fourth-order valence-corrected chi connectivity index (χ4v) is 3.03. The van der Waals surface area contributed by atoms with Crippen molar-refractivity contribution < 1.29 is 0 Å². The lowest BCUT2D eigenvalue weighted by Gasteiger charge is -2.22. The zero-order valence-electron chi connectivity index (χ0n) is 12.8. The zero-order valence-corrected chi connectivity index (χ0v) is 13.6. The quantitative estimate of drug-likeness (QED) is 0.594. The van der Waals surface area contributed by atoms with Crippen LogP contribution in [0.4, 0.5) is 0 Å². The van der Waals surface area contributed by atoms with Crippen LogP contribution in [0, 0.1) is 0 Å². The summed E-state index contributed by atoms with van der Waals surface area (Å²) in [6.45, 7) is 0. The monoisotopic (exact) mass is 334 g/mol. The van der Waals surface area contributed by atoms with Gasteiger partial charge in [0.2, 0.25) is 0 Å². The van der Waals surface area contributed by atoms with Gasteiger partial charge in [0.25, 0.3) is 0 Å². The van der Waals surface area contributed by atoms with Crippen LogP contribution in [-0.4, -0.2) is 19.5 Å². The predicted octanol–water partition coefficient (Wildman–Crippen LogP) is 4.56. The molecular formula is C19H15ClN4. The van der Waals surface area contributed by atoms with Crippen LogP contribution in [0.15, 0.2) is 79.5 Å². The molecule has 0 saturated carbocycles. The molecule has 0 amide bonds. The molecule has 0 aliphatic heterocycles. The molecular weight excluding hydrogens is 320 g/mol. The van der Waals surface area contributed by atoms with E-state index < -0.39 is 0 Å². The van der Waals surface area contributed by atoms with Crippen LogP contribution < -0.4 is 0 Å². The van der Waals surface area contributed by atoms with Gasteiger partial charge in [-0.2, -0.15) is 0 Å². The number of rotatable bonds is 4. The van der Waals surface area contributed by atoms with Crippen LogP contribution in [0.5, 0.6) is 0 Å². The number of hydrogen-bond donors (Lipinski definition) is 1. The maximum atomic E-state index is 6.07. The number of aromatic amines is 1. The average molecular weight is 335 g/mol. The Labute approximate surface area is 144 Å². The van der Waals surface area contributed by atoms with Gasteiger partial charge in [0.05, 0.1) is 18.6 Å². The van der Waals surface area contributed by atoms with Gasteiger partial charge in [-0.25, -0.2) is 9.97 Å². The van der Waals surface area contributed by atoms with Crippen LogP contribution in [0.1, 0.15) is 17.2 Å². The summed E-state index contributed by atoms with van der Waals surface area (Å²) in [4.78, 5) is 11.8. The van der Waals surface area contributed by atoms with Crippen LogP contribution in [-0.2, 0) is 0 Å². The Bertz CT molecular complexity index is 912. The second-order valence-electron chi connectivity index (χ2n) is 5.49. The smallest absolute Gasteiger partial charge is 0.158 e. The summed E-state index contributed by atoms with van der Waals surface area (Å²) in [6.07, 6.45) is 7.24. The third-order valence-electron chi connectivity index (χ3n) is 3.99. The molecule has 4 nitrogen and oxygen atoms in total. The van der Waals surface area contributed by atoms with E-state index in [0.29, 0.717) is 0 Å². The molecule has 2 aromatic heterocycles. The highest BCUT2D eigenvalue weighted by atomic mass is 35.5. The molecule has 0 fully saturated rings. The van der Waals surface area contributed by atoms with E-state index in [0.717, 1.165) is 22.1 Å². The Morgan fingerprint density at radius 2 is 1.71 bits per heavy atom. The molecule has 118 valence electrons. The normalized spacial score (nSPS) is 12.2. The van der Waals surface area contributed by atoms with Crippen molar-refractivity contribution in [2.75, 3.05) is 0 Å². The van der Waals surface area contributed by atoms with Crippen molar-refractivity contribution in [2.24, 2.45) is 0 Å². The summed E-state index contributed by atoms with van der Waals surface area (Å²) in [5.74, 6) is 0.844. The number of imidazole rings is 2. The number of nitrogens with zero attached hydrogens (tertiary/aromatic N) is 3. The van der Waals surface area contributed by atoms with Crippen molar-refractivity contribution in [3.8, 4) is 11.5 Å². The van der Waals surface area contributed by atoms with Crippen molar-refractivity contribution in [1.82, 2.24) is 19.5 Å². The highest BCUT2D eigenvalue weighted by molar-refractivity contribution is 6.30. The molecule has 0 spiro atoms.